The number of nitro benzene ring substituents is 2. The fraction of sp³-hybridized carbons (Fsp3) is 0.133. The zero-order chi connectivity index (χ0) is 28.8. The van der Waals surface area contributed by atoms with Gasteiger partial charge in [0.05, 0.1) is 9.85 Å². The number of amides is 2. The van der Waals surface area contributed by atoms with E-state index in [2.05, 4.69) is 0 Å². The molecule has 40 heavy (non-hydrogen) atoms. The molecule has 202 valence electrons. The van der Waals surface area contributed by atoms with E-state index < -0.39 is 21.7 Å². The lowest BCUT2D eigenvalue weighted by atomic mass is 9.88. The standard InChI is InChI=1S/C30H26N4O6/c31-29(35)25-5-1-3-21(27(25)17-19-7-13-23(14-8-19)33(37)38)11-12-22-4-2-6-26(30(32)36)28(22)18-20-9-15-24(16-10-20)34(39)40/h1-10,13-16H,11-12,17-18H2,(H2,31,35)(H2,32,36). The summed E-state index contributed by atoms with van der Waals surface area (Å²) in [5.41, 5.74) is 16.8. The summed E-state index contributed by atoms with van der Waals surface area (Å²) < 4.78 is 0. The van der Waals surface area contributed by atoms with Gasteiger partial charge in [0, 0.05) is 35.4 Å². The number of carbonyl (C=O) groups is 2. The molecule has 0 aromatic heterocycles. The molecule has 10 heteroatoms. The quantitative estimate of drug-likeness (QED) is 0.207. The van der Waals surface area contributed by atoms with Crippen molar-refractivity contribution < 1.29 is 19.4 Å². The van der Waals surface area contributed by atoms with E-state index in [0.29, 0.717) is 36.8 Å². The Kier molecular flexibility index (Phi) is 8.29. The number of nitrogens with two attached hydrogens (primary N) is 2. The first kappa shape index (κ1) is 27.6. The van der Waals surface area contributed by atoms with Crippen molar-refractivity contribution in [2.75, 3.05) is 0 Å². The fourth-order valence-corrected chi connectivity index (χ4v) is 4.77. The van der Waals surface area contributed by atoms with Crippen molar-refractivity contribution in [1.82, 2.24) is 0 Å². The van der Waals surface area contributed by atoms with Gasteiger partial charge in [-0.1, -0.05) is 48.5 Å². The van der Waals surface area contributed by atoms with E-state index in [0.717, 1.165) is 33.4 Å². The molecule has 0 unspecified atom stereocenters. The lowest BCUT2D eigenvalue weighted by molar-refractivity contribution is -0.385. The molecule has 0 heterocycles. The molecule has 0 radical (unpaired) electrons. The summed E-state index contributed by atoms with van der Waals surface area (Å²) in [7, 11) is 0. The Hall–Kier alpha value is -5.38. The summed E-state index contributed by atoms with van der Waals surface area (Å²) in [5, 5.41) is 22.1. The van der Waals surface area contributed by atoms with Crippen LogP contribution in [0.2, 0.25) is 0 Å². The second-order valence-corrected chi connectivity index (χ2v) is 9.32. The summed E-state index contributed by atoms with van der Waals surface area (Å²) in [6.07, 6.45) is 1.73. The average Bonchev–Trinajstić information content (AvgIpc) is 2.93. The van der Waals surface area contributed by atoms with E-state index >= 15 is 0 Å². The van der Waals surface area contributed by atoms with Gasteiger partial charge in [-0.3, -0.25) is 29.8 Å². The molecule has 0 aliphatic heterocycles. The Morgan fingerprint density at radius 1 is 0.575 bits per heavy atom. The lowest BCUT2D eigenvalue weighted by Gasteiger charge is -2.16. The molecule has 0 spiro atoms. The zero-order valence-electron chi connectivity index (χ0n) is 21.4. The molecule has 0 fully saturated rings. The summed E-state index contributed by atoms with van der Waals surface area (Å²) in [5.74, 6) is -1.15. The Balaban J connectivity index is 1.65. The van der Waals surface area contributed by atoms with Gasteiger partial charge in [0.1, 0.15) is 0 Å². The number of aryl methyl sites for hydroxylation is 2. The number of rotatable bonds is 11. The van der Waals surface area contributed by atoms with Gasteiger partial charge in [-0.25, -0.2) is 0 Å². The predicted molar refractivity (Wildman–Crippen MR) is 149 cm³/mol. The Morgan fingerprint density at radius 2 is 0.925 bits per heavy atom. The molecular weight excluding hydrogens is 512 g/mol. The van der Waals surface area contributed by atoms with Gasteiger partial charge in [-0.15, -0.1) is 0 Å². The lowest BCUT2D eigenvalue weighted by Crippen LogP contribution is -2.17. The Morgan fingerprint density at radius 3 is 1.23 bits per heavy atom. The summed E-state index contributed by atoms with van der Waals surface area (Å²) in [6, 6.07) is 22.9. The number of carbonyl (C=O) groups excluding carboxylic acids is 2. The van der Waals surface area contributed by atoms with Crippen LogP contribution >= 0.6 is 0 Å². The molecule has 0 aliphatic rings. The largest absolute Gasteiger partial charge is 0.366 e. The predicted octanol–water partition coefficient (Wildman–Crippen LogP) is 4.67. The van der Waals surface area contributed by atoms with Crippen molar-refractivity contribution in [2.45, 2.75) is 25.7 Å². The van der Waals surface area contributed by atoms with Crippen LogP contribution in [-0.4, -0.2) is 21.7 Å². The monoisotopic (exact) mass is 538 g/mol. The summed E-state index contributed by atoms with van der Waals surface area (Å²) in [4.78, 5) is 45.6. The first-order chi connectivity index (χ1) is 19.1. The van der Waals surface area contributed by atoms with Crippen LogP contribution in [0, 0.1) is 20.2 Å². The average molecular weight is 539 g/mol. The minimum atomic E-state index is -0.576. The van der Waals surface area contributed by atoms with Crippen molar-refractivity contribution >= 4 is 23.2 Å². The van der Waals surface area contributed by atoms with Crippen LogP contribution in [0.1, 0.15) is 54.1 Å². The van der Waals surface area contributed by atoms with Gasteiger partial charge in [-0.05, 0) is 71.2 Å². The molecule has 0 aliphatic carbocycles. The third-order valence-corrected chi connectivity index (χ3v) is 6.80. The normalized spacial score (nSPS) is 10.7. The van der Waals surface area contributed by atoms with Crippen LogP contribution in [0.3, 0.4) is 0 Å². The molecule has 4 aromatic rings. The second-order valence-electron chi connectivity index (χ2n) is 9.32. The number of primary amides is 2. The highest BCUT2D eigenvalue weighted by Crippen LogP contribution is 2.26. The number of hydrogen-bond donors (Lipinski definition) is 2. The third-order valence-electron chi connectivity index (χ3n) is 6.80. The number of hydrogen-bond acceptors (Lipinski definition) is 6. The molecule has 0 atom stereocenters. The first-order valence-electron chi connectivity index (χ1n) is 12.4. The second kappa shape index (κ2) is 12.0. The summed E-state index contributed by atoms with van der Waals surface area (Å²) in [6.45, 7) is 0. The zero-order valence-corrected chi connectivity index (χ0v) is 21.4. The molecule has 0 bridgehead atoms. The van der Waals surface area contributed by atoms with Crippen molar-refractivity contribution in [2.24, 2.45) is 11.5 Å². The van der Waals surface area contributed by atoms with Crippen molar-refractivity contribution in [3.63, 3.8) is 0 Å². The minimum Gasteiger partial charge on any atom is -0.366 e. The molecule has 4 rings (SSSR count). The van der Waals surface area contributed by atoms with Gasteiger partial charge in [0.15, 0.2) is 0 Å². The van der Waals surface area contributed by atoms with Gasteiger partial charge in [-0.2, -0.15) is 0 Å². The molecule has 2 amide bonds. The van der Waals surface area contributed by atoms with Crippen LogP contribution in [0.5, 0.6) is 0 Å². The van der Waals surface area contributed by atoms with E-state index in [4.69, 9.17) is 11.5 Å². The van der Waals surface area contributed by atoms with Crippen LogP contribution in [-0.2, 0) is 25.7 Å². The highest BCUT2D eigenvalue weighted by Gasteiger charge is 2.17. The van der Waals surface area contributed by atoms with Crippen LogP contribution < -0.4 is 11.5 Å². The Labute approximate surface area is 229 Å². The number of non-ortho nitro benzene ring substituents is 2. The van der Waals surface area contributed by atoms with Gasteiger partial charge in [0.2, 0.25) is 11.8 Å². The number of benzene rings is 4. The minimum absolute atomic E-state index is 0.0259. The molecule has 10 nitrogen and oxygen atoms in total. The Bertz CT molecular complexity index is 1480. The van der Waals surface area contributed by atoms with Crippen molar-refractivity contribution in [1.29, 1.82) is 0 Å². The van der Waals surface area contributed by atoms with E-state index in [9.17, 15) is 29.8 Å². The van der Waals surface area contributed by atoms with Crippen molar-refractivity contribution in [3.05, 3.63) is 150 Å². The molecule has 4 N–H and O–H groups in total. The van der Waals surface area contributed by atoms with Gasteiger partial charge >= 0.3 is 0 Å². The topological polar surface area (TPSA) is 172 Å². The number of nitro groups is 2. The molecule has 0 saturated heterocycles. The fourth-order valence-electron chi connectivity index (χ4n) is 4.77. The molecule has 4 aromatic carbocycles. The van der Waals surface area contributed by atoms with Crippen LogP contribution in [0.4, 0.5) is 11.4 Å². The molecular formula is C30H26N4O6. The van der Waals surface area contributed by atoms with Crippen LogP contribution in [0.15, 0.2) is 84.9 Å². The first-order valence-corrected chi connectivity index (χ1v) is 12.4. The van der Waals surface area contributed by atoms with Gasteiger partial charge in [0.25, 0.3) is 11.4 Å². The smallest absolute Gasteiger partial charge is 0.269 e. The van der Waals surface area contributed by atoms with E-state index in [-0.39, 0.29) is 11.4 Å². The van der Waals surface area contributed by atoms with E-state index in [1.54, 1.807) is 48.5 Å². The SMILES string of the molecule is NC(=O)c1cccc(CCc2cccc(C(N)=O)c2Cc2ccc([N+](=O)[O-])cc2)c1Cc1ccc([N+](=O)[O-])cc1. The highest BCUT2D eigenvalue weighted by molar-refractivity contribution is 5.95. The van der Waals surface area contributed by atoms with Crippen molar-refractivity contribution in [3.8, 4) is 0 Å². The highest BCUT2D eigenvalue weighted by atomic mass is 16.6. The maximum atomic E-state index is 12.3. The number of nitrogens with zero attached hydrogens (tertiary/aromatic N) is 2. The van der Waals surface area contributed by atoms with E-state index in [1.165, 1.54) is 24.3 Å². The van der Waals surface area contributed by atoms with Crippen LogP contribution in [0.25, 0.3) is 0 Å². The molecule has 0 saturated carbocycles. The third kappa shape index (κ3) is 6.36. The summed E-state index contributed by atoms with van der Waals surface area (Å²) >= 11 is 0. The maximum absolute atomic E-state index is 12.3. The maximum Gasteiger partial charge on any atom is 0.269 e. The van der Waals surface area contributed by atoms with E-state index in [1.807, 2.05) is 12.1 Å². The van der Waals surface area contributed by atoms with Gasteiger partial charge < -0.3 is 11.5 Å².